The van der Waals surface area contributed by atoms with E-state index >= 15 is 0 Å². The smallest absolute Gasteiger partial charge is 0.433 e. The van der Waals surface area contributed by atoms with Crippen LogP contribution in [0, 0.1) is 0 Å². The van der Waals surface area contributed by atoms with Crippen LogP contribution in [0.3, 0.4) is 0 Å². The van der Waals surface area contributed by atoms with Gasteiger partial charge < -0.3 is 15.4 Å². The Morgan fingerprint density at radius 1 is 1.04 bits per heavy atom. The Morgan fingerprint density at radius 2 is 1.70 bits per heavy atom. The Kier molecular flexibility index (Phi) is 5.62. The summed E-state index contributed by atoms with van der Waals surface area (Å²) >= 11 is 0. The Labute approximate surface area is 152 Å². The van der Waals surface area contributed by atoms with Gasteiger partial charge in [-0.05, 0) is 37.1 Å². The normalized spacial score (nSPS) is 15.2. The molecule has 0 bridgehead atoms. The molecule has 146 valence electrons. The lowest BCUT2D eigenvalue weighted by Crippen LogP contribution is -2.19. The van der Waals surface area contributed by atoms with Gasteiger partial charge in [0.25, 0.3) is 0 Å². The largest absolute Gasteiger partial charge is 0.435 e. The molecule has 0 saturated heterocycles. The number of anilines is 3. The van der Waals surface area contributed by atoms with Gasteiger partial charge in [-0.3, -0.25) is 0 Å². The van der Waals surface area contributed by atoms with Crippen LogP contribution < -0.4 is 15.4 Å². The Bertz CT molecular complexity index is 761. The molecule has 0 aliphatic heterocycles. The van der Waals surface area contributed by atoms with E-state index in [9.17, 15) is 22.0 Å². The molecular formula is C17H17F5N4O. The van der Waals surface area contributed by atoms with Gasteiger partial charge in [0.05, 0.1) is 0 Å². The molecule has 2 N–H and O–H groups in total. The Hall–Kier alpha value is -2.65. The second-order valence-corrected chi connectivity index (χ2v) is 6.11. The van der Waals surface area contributed by atoms with Gasteiger partial charge in [0.15, 0.2) is 5.69 Å². The van der Waals surface area contributed by atoms with E-state index in [0.29, 0.717) is 5.69 Å². The van der Waals surface area contributed by atoms with Gasteiger partial charge in [-0.15, -0.1) is 0 Å². The van der Waals surface area contributed by atoms with Crippen LogP contribution in [0.2, 0.25) is 0 Å². The van der Waals surface area contributed by atoms with Crippen molar-refractivity contribution in [3.63, 3.8) is 0 Å². The standard InChI is InChI=1S/C17H17F5N4O/c18-15(19)27-12-7-5-11(6-8-12)23-14-9-13(17(20,21)22)25-16(26-14)24-10-3-1-2-4-10/h5-10,15H,1-4H2,(H2,23,24,25,26). The van der Waals surface area contributed by atoms with Crippen LogP contribution in [-0.2, 0) is 6.18 Å². The van der Waals surface area contributed by atoms with Crippen molar-refractivity contribution in [1.29, 1.82) is 0 Å². The summed E-state index contributed by atoms with van der Waals surface area (Å²) in [6.45, 7) is -2.95. The lowest BCUT2D eigenvalue weighted by atomic mass is 10.2. The maximum atomic E-state index is 13.1. The molecule has 2 aromatic rings. The molecule has 1 aliphatic carbocycles. The summed E-state index contributed by atoms with van der Waals surface area (Å²) in [6.07, 6.45) is -0.897. The minimum Gasteiger partial charge on any atom is -0.435 e. The zero-order chi connectivity index (χ0) is 19.4. The van der Waals surface area contributed by atoms with E-state index in [1.807, 2.05) is 0 Å². The molecule has 3 rings (SSSR count). The highest BCUT2D eigenvalue weighted by Gasteiger charge is 2.34. The van der Waals surface area contributed by atoms with E-state index in [1.165, 1.54) is 24.3 Å². The number of rotatable bonds is 6. The first kappa shape index (κ1) is 19.1. The zero-order valence-electron chi connectivity index (χ0n) is 14.1. The van der Waals surface area contributed by atoms with Crippen molar-refractivity contribution in [2.45, 2.75) is 44.5 Å². The maximum absolute atomic E-state index is 13.1. The quantitative estimate of drug-likeness (QED) is 0.667. The number of aromatic nitrogens is 2. The van der Waals surface area contributed by atoms with Gasteiger partial charge in [0, 0.05) is 17.8 Å². The number of hydrogen-bond acceptors (Lipinski definition) is 5. The lowest BCUT2D eigenvalue weighted by Gasteiger charge is -2.16. The molecular weight excluding hydrogens is 371 g/mol. The summed E-state index contributed by atoms with van der Waals surface area (Å²) in [5.74, 6) is -0.213. The Morgan fingerprint density at radius 3 is 2.30 bits per heavy atom. The molecule has 5 nitrogen and oxygen atoms in total. The molecule has 1 heterocycles. The summed E-state index contributed by atoms with van der Waals surface area (Å²) in [5, 5.41) is 5.67. The number of halogens is 5. The van der Waals surface area contributed by atoms with Crippen molar-refractivity contribution < 1.29 is 26.7 Å². The van der Waals surface area contributed by atoms with Crippen molar-refractivity contribution in [2.24, 2.45) is 0 Å². The molecule has 1 aromatic heterocycles. The second-order valence-electron chi connectivity index (χ2n) is 6.11. The molecule has 1 aromatic carbocycles. The third-order valence-electron chi connectivity index (χ3n) is 4.06. The van der Waals surface area contributed by atoms with Crippen LogP contribution in [0.5, 0.6) is 5.75 Å². The SMILES string of the molecule is FC(F)Oc1ccc(Nc2cc(C(F)(F)F)nc(NC3CCCC3)n2)cc1. The fourth-order valence-corrected chi connectivity index (χ4v) is 2.84. The summed E-state index contributed by atoms with van der Waals surface area (Å²) in [4.78, 5) is 7.66. The van der Waals surface area contributed by atoms with Gasteiger partial charge in [-0.25, -0.2) is 4.98 Å². The minimum absolute atomic E-state index is 0.0483. The van der Waals surface area contributed by atoms with E-state index in [1.54, 1.807) is 0 Å². The van der Waals surface area contributed by atoms with Gasteiger partial charge >= 0.3 is 12.8 Å². The number of benzene rings is 1. The predicted octanol–water partition coefficient (Wildman–Crippen LogP) is 5.19. The molecule has 0 spiro atoms. The molecule has 0 amide bonds. The van der Waals surface area contributed by atoms with Gasteiger partial charge in [-0.2, -0.15) is 26.9 Å². The van der Waals surface area contributed by atoms with E-state index < -0.39 is 18.5 Å². The first-order valence-electron chi connectivity index (χ1n) is 8.34. The molecule has 1 saturated carbocycles. The van der Waals surface area contributed by atoms with Crippen molar-refractivity contribution in [2.75, 3.05) is 10.6 Å². The maximum Gasteiger partial charge on any atom is 0.433 e. The average molecular weight is 388 g/mol. The fourth-order valence-electron chi connectivity index (χ4n) is 2.84. The number of alkyl halides is 5. The van der Waals surface area contributed by atoms with Crippen molar-refractivity contribution in [1.82, 2.24) is 9.97 Å². The van der Waals surface area contributed by atoms with Crippen molar-refractivity contribution >= 4 is 17.5 Å². The number of nitrogens with one attached hydrogen (secondary N) is 2. The van der Waals surface area contributed by atoms with Crippen LogP contribution in [-0.4, -0.2) is 22.6 Å². The molecule has 0 radical (unpaired) electrons. The second kappa shape index (κ2) is 7.93. The molecule has 1 fully saturated rings. The van der Waals surface area contributed by atoms with Gasteiger partial charge in [0.2, 0.25) is 5.95 Å². The van der Waals surface area contributed by atoms with Crippen LogP contribution in [0.25, 0.3) is 0 Å². The predicted molar refractivity (Wildman–Crippen MR) is 89.3 cm³/mol. The highest BCUT2D eigenvalue weighted by Crippen LogP contribution is 2.31. The van der Waals surface area contributed by atoms with Crippen LogP contribution in [0.1, 0.15) is 31.4 Å². The third kappa shape index (κ3) is 5.41. The first-order chi connectivity index (χ1) is 12.8. The average Bonchev–Trinajstić information content (AvgIpc) is 3.08. The van der Waals surface area contributed by atoms with Crippen LogP contribution in [0.15, 0.2) is 30.3 Å². The topological polar surface area (TPSA) is 59.1 Å². The summed E-state index contributed by atoms with van der Waals surface area (Å²) in [6, 6.07) is 6.19. The highest BCUT2D eigenvalue weighted by atomic mass is 19.4. The molecule has 0 unspecified atom stereocenters. The molecule has 10 heteroatoms. The fraction of sp³-hybridized carbons (Fsp3) is 0.412. The molecule has 0 atom stereocenters. The van der Waals surface area contributed by atoms with E-state index in [2.05, 4.69) is 25.3 Å². The summed E-state index contributed by atoms with van der Waals surface area (Å²) < 4.78 is 68.0. The monoisotopic (exact) mass is 388 g/mol. The molecule has 27 heavy (non-hydrogen) atoms. The third-order valence-corrected chi connectivity index (χ3v) is 4.06. The van der Waals surface area contributed by atoms with Crippen LogP contribution >= 0.6 is 0 Å². The number of hydrogen-bond donors (Lipinski definition) is 2. The van der Waals surface area contributed by atoms with Gasteiger partial charge in [0.1, 0.15) is 11.6 Å². The minimum atomic E-state index is -4.62. The lowest BCUT2D eigenvalue weighted by molar-refractivity contribution is -0.141. The summed E-state index contributed by atoms with van der Waals surface area (Å²) in [7, 11) is 0. The van der Waals surface area contributed by atoms with Crippen LogP contribution in [0.4, 0.5) is 39.4 Å². The summed E-state index contributed by atoms with van der Waals surface area (Å²) in [5.41, 5.74) is -0.701. The number of ether oxygens (including phenoxy) is 1. The van der Waals surface area contributed by atoms with Crippen molar-refractivity contribution in [3.05, 3.63) is 36.0 Å². The zero-order valence-corrected chi connectivity index (χ0v) is 14.1. The van der Waals surface area contributed by atoms with E-state index in [4.69, 9.17) is 0 Å². The number of nitrogens with zero attached hydrogens (tertiary/aromatic N) is 2. The first-order valence-corrected chi connectivity index (χ1v) is 8.34. The Balaban J connectivity index is 1.80. The highest BCUT2D eigenvalue weighted by molar-refractivity contribution is 5.58. The molecule has 1 aliphatic rings. The van der Waals surface area contributed by atoms with Crippen molar-refractivity contribution in [3.8, 4) is 5.75 Å². The van der Waals surface area contributed by atoms with E-state index in [-0.39, 0.29) is 23.6 Å². The van der Waals surface area contributed by atoms with E-state index in [0.717, 1.165) is 31.7 Å². The van der Waals surface area contributed by atoms with Gasteiger partial charge in [-0.1, -0.05) is 12.8 Å².